The summed E-state index contributed by atoms with van der Waals surface area (Å²) in [4.78, 5) is 4.85. The van der Waals surface area contributed by atoms with E-state index in [2.05, 4.69) is 219 Å². The summed E-state index contributed by atoms with van der Waals surface area (Å²) < 4.78 is 6.97. The van der Waals surface area contributed by atoms with Crippen LogP contribution in [0.3, 0.4) is 0 Å². The van der Waals surface area contributed by atoms with E-state index < -0.39 is 5.41 Å². The van der Waals surface area contributed by atoms with E-state index in [4.69, 9.17) is 4.74 Å². The molecule has 0 spiro atoms. The Morgan fingerprint density at radius 1 is 0.446 bits per heavy atom. The molecule has 0 atom stereocenters. The van der Waals surface area contributed by atoms with Gasteiger partial charge in [-0.05, 0) is 99.5 Å². The molecule has 56 heavy (non-hydrogen) atoms. The number of fused-ring (bicyclic) bond motifs is 7. The molecule has 0 aromatic heterocycles. The molecule has 0 amide bonds. The number of aryl methyl sites for hydroxylation is 1. The third-order valence-corrected chi connectivity index (χ3v) is 12.4. The molecule has 8 aromatic carbocycles. The van der Waals surface area contributed by atoms with Crippen molar-refractivity contribution < 1.29 is 4.74 Å². The van der Waals surface area contributed by atoms with Crippen LogP contribution in [0.15, 0.2) is 188 Å². The number of hydrogen-bond acceptors (Lipinski definition) is 3. The minimum Gasteiger partial charge on any atom is -0.453 e. The smallest absolute Gasteiger partial charge is 0.153 e. The molecule has 11 rings (SSSR count). The molecule has 3 aliphatic rings. The van der Waals surface area contributed by atoms with E-state index in [0.717, 1.165) is 39.9 Å². The molecule has 3 heteroatoms. The lowest BCUT2D eigenvalue weighted by atomic mass is 9.67. The van der Waals surface area contributed by atoms with Crippen molar-refractivity contribution >= 4 is 34.1 Å². The summed E-state index contributed by atoms with van der Waals surface area (Å²) in [5.74, 6) is 1.72. The van der Waals surface area contributed by atoms with Crippen LogP contribution in [0, 0.1) is 6.92 Å². The van der Waals surface area contributed by atoms with Crippen LogP contribution in [-0.2, 0) is 10.8 Å². The summed E-state index contributed by atoms with van der Waals surface area (Å²) in [5.41, 5.74) is 17.2. The van der Waals surface area contributed by atoms with Gasteiger partial charge >= 0.3 is 0 Å². The molecule has 2 heterocycles. The first-order valence-corrected chi connectivity index (χ1v) is 19.5. The van der Waals surface area contributed by atoms with Crippen LogP contribution >= 0.6 is 0 Å². The standard InChI is InChI=1S/C53H40N2O/c1-35-18-17-29-48-50(35)55-47-28-16-15-27-44(47)52(2,3)46-33-40(34-49(56-48)51(46)55)54(38-23-11-6-12-24-38)39-30-31-42-41-25-13-14-26-43(41)53(45(42)32-39,36-19-7-4-8-20-36)37-21-9-5-10-22-37/h4-34H,1-3H3. The highest BCUT2D eigenvalue weighted by Gasteiger charge is 2.47. The predicted molar refractivity (Wildman–Crippen MR) is 230 cm³/mol. The maximum Gasteiger partial charge on any atom is 0.153 e. The summed E-state index contributed by atoms with van der Waals surface area (Å²) in [5, 5.41) is 0. The Labute approximate surface area is 328 Å². The van der Waals surface area contributed by atoms with Crippen molar-refractivity contribution in [2.24, 2.45) is 0 Å². The number of rotatable bonds is 5. The van der Waals surface area contributed by atoms with Gasteiger partial charge in [-0.3, -0.25) is 0 Å². The quantitative estimate of drug-likeness (QED) is 0.176. The molecule has 0 fully saturated rings. The fourth-order valence-electron chi connectivity index (χ4n) is 9.92. The lowest BCUT2D eigenvalue weighted by Gasteiger charge is -2.46. The average molecular weight is 721 g/mol. The molecular formula is C53H40N2O. The van der Waals surface area contributed by atoms with Gasteiger partial charge in [0.15, 0.2) is 11.5 Å². The van der Waals surface area contributed by atoms with Crippen molar-refractivity contribution in [1.82, 2.24) is 0 Å². The van der Waals surface area contributed by atoms with Gasteiger partial charge in [-0.15, -0.1) is 0 Å². The van der Waals surface area contributed by atoms with Crippen LogP contribution in [0.2, 0.25) is 0 Å². The Kier molecular flexibility index (Phi) is 7.03. The number of para-hydroxylation sites is 3. The minimum atomic E-state index is -0.508. The first-order chi connectivity index (χ1) is 27.5. The Hall–Kier alpha value is -6.84. The number of hydrogen-bond donors (Lipinski definition) is 0. The molecule has 0 saturated heterocycles. The summed E-state index contributed by atoms with van der Waals surface area (Å²) in [6.45, 7) is 6.88. The van der Waals surface area contributed by atoms with Crippen LogP contribution in [-0.4, -0.2) is 0 Å². The van der Waals surface area contributed by atoms with Crippen molar-refractivity contribution in [3.05, 3.63) is 227 Å². The van der Waals surface area contributed by atoms with Gasteiger partial charge < -0.3 is 14.5 Å². The normalized spacial score (nSPS) is 14.7. The summed E-state index contributed by atoms with van der Waals surface area (Å²) in [6, 6.07) is 68.7. The maximum atomic E-state index is 6.97. The fraction of sp³-hybridized carbons (Fsp3) is 0.0943. The lowest BCUT2D eigenvalue weighted by molar-refractivity contribution is 0.471. The average Bonchev–Trinajstić information content (AvgIpc) is 3.54. The van der Waals surface area contributed by atoms with Gasteiger partial charge in [0.2, 0.25) is 0 Å². The highest BCUT2D eigenvalue weighted by Crippen LogP contribution is 2.62. The van der Waals surface area contributed by atoms with E-state index in [1.54, 1.807) is 0 Å². The van der Waals surface area contributed by atoms with Crippen molar-refractivity contribution in [3.8, 4) is 22.6 Å². The second kappa shape index (κ2) is 12.1. The fourth-order valence-corrected chi connectivity index (χ4v) is 9.92. The zero-order valence-corrected chi connectivity index (χ0v) is 31.7. The Balaban J connectivity index is 1.18. The molecule has 0 N–H and O–H groups in total. The highest BCUT2D eigenvalue weighted by molar-refractivity contribution is 5.97. The lowest BCUT2D eigenvalue weighted by Crippen LogP contribution is -2.33. The zero-order valence-electron chi connectivity index (χ0n) is 31.7. The van der Waals surface area contributed by atoms with Gasteiger partial charge in [-0.25, -0.2) is 0 Å². The maximum absolute atomic E-state index is 6.97. The molecule has 2 aliphatic heterocycles. The third-order valence-electron chi connectivity index (χ3n) is 12.4. The third kappa shape index (κ3) is 4.46. The monoisotopic (exact) mass is 720 g/mol. The van der Waals surface area contributed by atoms with E-state index in [-0.39, 0.29) is 5.41 Å². The van der Waals surface area contributed by atoms with Gasteiger partial charge in [0.25, 0.3) is 0 Å². The van der Waals surface area contributed by atoms with E-state index in [1.807, 2.05) is 0 Å². The number of nitrogens with zero attached hydrogens (tertiary/aromatic N) is 2. The molecule has 3 nitrogen and oxygen atoms in total. The first-order valence-electron chi connectivity index (χ1n) is 19.5. The molecule has 8 aromatic rings. The second-order valence-corrected chi connectivity index (χ2v) is 15.8. The molecule has 1 aliphatic carbocycles. The van der Waals surface area contributed by atoms with Crippen molar-refractivity contribution in [2.45, 2.75) is 31.6 Å². The van der Waals surface area contributed by atoms with Crippen LogP contribution in [0.1, 0.15) is 52.8 Å². The largest absolute Gasteiger partial charge is 0.453 e. The zero-order chi connectivity index (χ0) is 37.6. The van der Waals surface area contributed by atoms with Gasteiger partial charge in [0.05, 0.1) is 28.2 Å². The predicted octanol–water partition coefficient (Wildman–Crippen LogP) is 14.0. The van der Waals surface area contributed by atoms with E-state index in [9.17, 15) is 0 Å². The SMILES string of the molecule is Cc1cccc2c1N1c3ccccc3C(C)(C)c3cc(N(c4ccccc4)c4ccc5c(c4)C(c4ccccc4)(c4ccccc4)c4ccccc4-5)cc(c31)O2. The molecule has 0 saturated carbocycles. The van der Waals surface area contributed by atoms with Gasteiger partial charge in [0, 0.05) is 22.9 Å². The number of ether oxygens (including phenoxy) is 1. The van der Waals surface area contributed by atoms with Crippen molar-refractivity contribution in [3.63, 3.8) is 0 Å². The number of anilines is 6. The Bertz CT molecular complexity index is 2790. The Morgan fingerprint density at radius 2 is 1.05 bits per heavy atom. The molecule has 0 unspecified atom stereocenters. The summed E-state index contributed by atoms with van der Waals surface area (Å²) in [7, 11) is 0. The second-order valence-electron chi connectivity index (χ2n) is 15.8. The summed E-state index contributed by atoms with van der Waals surface area (Å²) in [6.07, 6.45) is 0. The van der Waals surface area contributed by atoms with E-state index >= 15 is 0 Å². The van der Waals surface area contributed by atoms with Crippen LogP contribution in [0.25, 0.3) is 11.1 Å². The van der Waals surface area contributed by atoms with E-state index in [0.29, 0.717) is 0 Å². The Morgan fingerprint density at radius 3 is 1.79 bits per heavy atom. The molecule has 0 radical (unpaired) electrons. The topological polar surface area (TPSA) is 15.7 Å². The highest BCUT2D eigenvalue weighted by atomic mass is 16.5. The first kappa shape index (κ1) is 32.6. The van der Waals surface area contributed by atoms with Gasteiger partial charge in [-0.1, -0.05) is 153 Å². The van der Waals surface area contributed by atoms with Gasteiger partial charge in [0.1, 0.15) is 0 Å². The molecule has 268 valence electrons. The van der Waals surface area contributed by atoms with E-state index in [1.165, 1.54) is 55.8 Å². The van der Waals surface area contributed by atoms with Crippen LogP contribution in [0.4, 0.5) is 34.1 Å². The van der Waals surface area contributed by atoms with Crippen LogP contribution in [0.5, 0.6) is 11.5 Å². The van der Waals surface area contributed by atoms with Gasteiger partial charge in [-0.2, -0.15) is 0 Å². The number of benzene rings is 8. The molecule has 0 bridgehead atoms. The molecular weight excluding hydrogens is 681 g/mol. The van der Waals surface area contributed by atoms with Crippen LogP contribution < -0.4 is 14.5 Å². The minimum absolute atomic E-state index is 0.297. The van der Waals surface area contributed by atoms with Crippen molar-refractivity contribution in [2.75, 3.05) is 9.80 Å². The van der Waals surface area contributed by atoms with Crippen molar-refractivity contribution in [1.29, 1.82) is 0 Å². The summed E-state index contributed by atoms with van der Waals surface area (Å²) >= 11 is 0.